The summed E-state index contributed by atoms with van der Waals surface area (Å²) in [7, 11) is 0. The number of halogens is 3. The number of ether oxygens (including phenoxy) is 1. The van der Waals surface area contributed by atoms with Gasteiger partial charge < -0.3 is 9.64 Å². The number of nitrogens with zero attached hydrogens (tertiary/aromatic N) is 1. The molecular formula is C18H16F3NO2. The van der Waals surface area contributed by atoms with E-state index in [1.165, 1.54) is 11.0 Å². The summed E-state index contributed by atoms with van der Waals surface area (Å²) in [4.78, 5) is 14.0. The molecule has 3 nitrogen and oxygen atoms in total. The number of anilines is 1. The van der Waals surface area contributed by atoms with E-state index < -0.39 is 29.5 Å². The zero-order valence-corrected chi connectivity index (χ0v) is 13.3. The van der Waals surface area contributed by atoms with Gasteiger partial charge in [0.15, 0.2) is 17.7 Å². The van der Waals surface area contributed by atoms with Gasteiger partial charge in [-0.15, -0.1) is 0 Å². The Labute approximate surface area is 137 Å². The summed E-state index contributed by atoms with van der Waals surface area (Å²) < 4.78 is 46.8. The van der Waals surface area contributed by atoms with Gasteiger partial charge in [-0.3, -0.25) is 4.79 Å². The highest BCUT2D eigenvalue weighted by atomic mass is 19.1. The van der Waals surface area contributed by atoms with Crippen LogP contribution in [0.4, 0.5) is 18.9 Å². The van der Waals surface area contributed by atoms with Crippen LogP contribution in [0, 0.1) is 24.4 Å². The smallest absolute Gasteiger partial charge is 0.268 e. The number of hydrogen-bond acceptors (Lipinski definition) is 2. The maximum absolute atomic E-state index is 14.3. The van der Waals surface area contributed by atoms with Crippen LogP contribution in [-0.2, 0) is 11.2 Å². The Bertz CT molecular complexity index is 807. The molecule has 1 aliphatic rings. The van der Waals surface area contributed by atoms with Crippen LogP contribution in [0.25, 0.3) is 0 Å². The van der Waals surface area contributed by atoms with Crippen molar-refractivity contribution in [3.63, 3.8) is 0 Å². The molecule has 3 rings (SSSR count). The van der Waals surface area contributed by atoms with Gasteiger partial charge >= 0.3 is 0 Å². The molecule has 0 fully saturated rings. The lowest BCUT2D eigenvalue weighted by Crippen LogP contribution is -2.42. The minimum absolute atomic E-state index is 0.0484. The summed E-state index contributed by atoms with van der Waals surface area (Å²) in [6, 6.07) is 6.63. The Morgan fingerprint density at radius 3 is 2.75 bits per heavy atom. The molecule has 2 aromatic carbocycles. The lowest BCUT2D eigenvalue weighted by atomic mass is 10.1. The number of hydrogen-bond donors (Lipinski definition) is 0. The first-order valence-corrected chi connectivity index (χ1v) is 7.63. The Morgan fingerprint density at radius 2 is 2.04 bits per heavy atom. The molecule has 1 heterocycles. The van der Waals surface area contributed by atoms with E-state index >= 15 is 0 Å². The van der Waals surface area contributed by atoms with E-state index in [2.05, 4.69) is 0 Å². The standard InChI is InChI=1S/C18H16F3NO2/c1-3-22(14-6-4-5-10(2)16(14)21)18(23)15-8-11-7-12(19)9-13(20)17(11)24-15/h4-7,9,15H,3,8H2,1-2H3. The predicted octanol–water partition coefficient (Wildman–Crippen LogP) is 3.77. The van der Waals surface area contributed by atoms with Crippen LogP contribution in [0.1, 0.15) is 18.1 Å². The van der Waals surface area contributed by atoms with Crippen molar-refractivity contribution in [3.05, 3.63) is 58.9 Å². The molecule has 0 spiro atoms. The minimum Gasteiger partial charge on any atom is -0.477 e. The number of likely N-dealkylation sites (N-methyl/N-ethyl adjacent to an activating group) is 1. The van der Waals surface area contributed by atoms with E-state index in [1.54, 1.807) is 26.0 Å². The van der Waals surface area contributed by atoms with E-state index in [-0.39, 0.29) is 24.4 Å². The summed E-state index contributed by atoms with van der Waals surface area (Å²) in [5.41, 5.74) is 0.864. The maximum Gasteiger partial charge on any atom is 0.268 e. The molecule has 1 atom stereocenters. The molecule has 0 N–H and O–H groups in total. The molecule has 0 aliphatic carbocycles. The average molecular weight is 335 g/mol. The number of aryl methyl sites for hydroxylation is 1. The molecular weight excluding hydrogens is 319 g/mol. The Kier molecular flexibility index (Phi) is 4.22. The van der Waals surface area contributed by atoms with Gasteiger partial charge in [0.1, 0.15) is 11.6 Å². The van der Waals surface area contributed by atoms with Crippen molar-refractivity contribution in [3.8, 4) is 5.75 Å². The van der Waals surface area contributed by atoms with Gasteiger partial charge in [-0.05, 0) is 31.5 Å². The van der Waals surface area contributed by atoms with Gasteiger partial charge in [0, 0.05) is 24.6 Å². The van der Waals surface area contributed by atoms with Gasteiger partial charge in [0.2, 0.25) is 0 Å². The van der Waals surface area contributed by atoms with Crippen molar-refractivity contribution in [2.24, 2.45) is 0 Å². The third-order valence-corrected chi connectivity index (χ3v) is 4.07. The van der Waals surface area contributed by atoms with Crippen molar-refractivity contribution < 1.29 is 22.7 Å². The molecule has 126 valence electrons. The maximum atomic E-state index is 14.3. The van der Waals surface area contributed by atoms with Crippen LogP contribution in [-0.4, -0.2) is 18.6 Å². The normalized spacial score (nSPS) is 15.8. The quantitative estimate of drug-likeness (QED) is 0.855. The molecule has 6 heteroatoms. The van der Waals surface area contributed by atoms with Crippen molar-refractivity contribution >= 4 is 11.6 Å². The van der Waals surface area contributed by atoms with Gasteiger partial charge in [-0.2, -0.15) is 0 Å². The lowest BCUT2D eigenvalue weighted by Gasteiger charge is -2.25. The molecule has 0 radical (unpaired) electrons. The van der Waals surface area contributed by atoms with Crippen LogP contribution in [0.3, 0.4) is 0 Å². The average Bonchev–Trinajstić information content (AvgIpc) is 2.96. The highest BCUT2D eigenvalue weighted by Crippen LogP contribution is 2.34. The predicted molar refractivity (Wildman–Crippen MR) is 83.6 cm³/mol. The third-order valence-electron chi connectivity index (χ3n) is 4.07. The van der Waals surface area contributed by atoms with E-state index in [4.69, 9.17) is 4.74 Å². The fourth-order valence-electron chi connectivity index (χ4n) is 2.88. The molecule has 0 bridgehead atoms. The van der Waals surface area contributed by atoms with E-state index in [1.807, 2.05) is 0 Å². The van der Waals surface area contributed by atoms with E-state index in [0.717, 1.165) is 6.07 Å². The molecule has 1 amide bonds. The molecule has 0 saturated heterocycles. The number of carbonyl (C=O) groups is 1. The fraction of sp³-hybridized carbons (Fsp3) is 0.278. The van der Waals surface area contributed by atoms with Crippen LogP contribution in [0.2, 0.25) is 0 Å². The first-order chi connectivity index (χ1) is 11.4. The number of fused-ring (bicyclic) bond motifs is 1. The third kappa shape index (κ3) is 2.72. The summed E-state index contributed by atoms with van der Waals surface area (Å²) in [5, 5.41) is 0. The van der Waals surface area contributed by atoms with Crippen LogP contribution < -0.4 is 9.64 Å². The summed E-state index contributed by atoms with van der Waals surface area (Å²) >= 11 is 0. The zero-order valence-electron chi connectivity index (χ0n) is 13.3. The van der Waals surface area contributed by atoms with Gasteiger partial charge in [-0.25, -0.2) is 13.2 Å². The van der Waals surface area contributed by atoms with Gasteiger partial charge in [0.05, 0.1) is 5.69 Å². The van der Waals surface area contributed by atoms with Crippen LogP contribution in [0.15, 0.2) is 30.3 Å². The Balaban J connectivity index is 1.89. The second-order valence-corrected chi connectivity index (χ2v) is 5.68. The number of amides is 1. The number of rotatable bonds is 3. The first-order valence-electron chi connectivity index (χ1n) is 7.63. The summed E-state index contributed by atoms with van der Waals surface area (Å²) in [6.07, 6.45) is -0.955. The Hall–Kier alpha value is -2.50. The number of benzene rings is 2. The van der Waals surface area contributed by atoms with Crippen molar-refractivity contribution in [2.75, 3.05) is 11.4 Å². The van der Waals surface area contributed by atoms with Crippen molar-refractivity contribution in [2.45, 2.75) is 26.4 Å². The highest BCUT2D eigenvalue weighted by Gasteiger charge is 2.35. The fourth-order valence-corrected chi connectivity index (χ4v) is 2.88. The van der Waals surface area contributed by atoms with Crippen LogP contribution in [0.5, 0.6) is 5.75 Å². The largest absolute Gasteiger partial charge is 0.477 e. The van der Waals surface area contributed by atoms with E-state index in [9.17, 15) is 18.0 Å². The minimum atomic E-state index is -1.00. The second-order valence-electron chi connectivity index (χ2n) is 5.68. The molecule has 0 aromatic heterocycles. The summed E-state index contributed by atoms with van der Waals surface area (Å²) in [6.45, 7) is 3.55. The van der Waals surface area contributed by atoms with Crippen molar-refractivity contribution in [1.82, 2.24) is 0 Å². The monoisotopic (exact) mass is 335 g/mol. The van der Waals surface area contributed by atoms with Crippen LogP contribution >= 0.6 is 0 Å². The molecule has 1 unspecified atom stereocenters. The zero-order chi connectivity index (χ0) is 17.4. The molecule has 0 saturated carbocycles. The van der Waals surface area contributed by atoms with E-state index in [0.29, 0.717) is 17.2 Å². The molecule has 2 aromatic rings. The molecule has 1 aliphatic heterocycles. The Morgan fingerprint density at radius 1 is 1.29 bits per heavy atom. The van der Waals surface area contributed by atoms with Gasteiger partial charge in [0.25, 0.3) is 5.91 Å². The lowest BCUT2D eigenvalue weighted by molar-refractivity contribution is -0.124. The first kappa shape index (κ1) is 16.4. The summed E-state index contributed by atoms with van der Waals surface area (Å²) in [5.74, 6) is -2.65. The second kappa shape index (κ2) is 6.19. The van der Waals surface area contributed by atoms with Crippen molar-refractivity contribution in [1.29, 1.82) is 0 Å². The SMILES string of the molecule is CCN(C(=O)C1Cc2cc(F)cc(F)c2O1)c1cccc(C)c1F. The highest BCUT2D eigenvalue weighted by molar-refractivity contribution is 5.97. The molecule has 24 heavy (non-hydrogen) atoms. The van der Waals surface area contributed by atoms with Gasteiger partial charge in [-0.1, -0.05) is 12.1 Å². The number of carbonyl (C=O) groups excluding carboxylic acids is 1. The topological polar surface area (TPSA) is 29.5 Å².